The van der Waals surface area contributed by atoms with Gasteiger partial charge >= 0.3 is 0 Å². The van der Waals surface area contributed by atoms with Crippen LogP contribution in [0.15, 0.2) is 88.9 Å². The number of aromatic nitrogens is 2. The second-order valence-electron chi connectivity index (χ2n) is 7.06. The van der Waals surface area contributed by atoms with Gasteiger partial charge in [-0.15, -0.1) is 0 Å². The maximum Gasteiger partial charge on any atom is 0.270 e. The van der Waals surface area contributed by atoms with Gasteiger partial charge in [0.2, 0.25) is 11.8 Å². The highest BCUT2D eigenvalue weighted by Crippen LogP contribution is 2.29. The van der Waals surface area contributed by atoms with Crippen LogP contribution < -0.4 is 10.6 Å². The molecular formula is C23H20N4O4S2. The van der Waals surface area contributed by atoms with Crippen LogP contribution in [0.25, 0.3) is 11.0 Å². The number of carbonyl (C=O) groups is 2. The molecule has 10 heteroatoms. The van der Waals surface area contributed by atoms with Gasteiger partial charge in [-0.25, -0.2) is 17.4 Å². The van der Waals surface area contributed by atoms with Gasteiger partial charge in [-0.1, -0.05) is 42.1 Å². The molecule has 0 bridgehead atoms. The minimum Gasteiger partial charge on any atom is -0.326 e. The van der Waals surface area contributed by atoms with Gasteiger partial charge < -0.3 is 10.6 Å². The average molecular weight is 481 g/mol. The van der Waals surface area contributed by atoms with Gasteiger partial charge in [0.1, 0.15) is 0 Å². The molecule has 0 aliphatic carbocycles. The first kappa shape index (κ1) is 22.6. The number of imidazole rings is 1. The Kier molecular flexibility index (Phi) is 6.47. The Hall–Kier alpha value is -3.63. The number of amides is 2. The SMILES string of the molecule is CC(=O)Nc1ccc(NC(=O)CSc2nc3ccccc3n2S(=O)(=O)c2ccccc2)cc1. The lowest BCUT2D eigenvalue weighted by Gasteiger charge is -2.10. The number of fused-ring (bicyclic) bond motifs is 1. The molecule has 1 aromatic heterocycles. The first-order chi connectivity index (χ1) is 15.8. The Morgan fingerprint density at radius 2 is 1.48 bits per heavy atom. The molecule has 0 aliphatic heterocycles. The number of anilines is 2. The molecule has 0 radical (unpaired) electrons. The summed E-state index contributed by atoms with van der Waals surface area (Å²) in [5, 5.41) is 5.62. The number of hydrogen-bond acceptors (Lipinski definition) is 6. The Morgan fingerprint density at radius 1 is 0.879 bits per heavy atom. The third-order valence-electron chi connectivity index (χ3n) is 4.59. The van der Waals surface area contributed by atoms with Gasteiger partial charge in [0.25, 0.3) is 10.0 Å². The van der Waals surface area contributed by atoms with E-state index in [4.69, 9.17) is 0 Å². The molecule has 2 N–H and O–H groups in total. The molecule has 33 heavy (non-hydrogen) atoms. The van der Waals surface area contributed by atoms with E-state index in [-0.39, 0.29) is 27.6 Å². The van der Waals surface area contributed by atoms with Crippen molar-refractivity contribution in [3.63, 3.8) is 0 Å². The summed E-state index contributed by atoms with van der Waals surface area (Å²) in [6, 6.07) is 21.7. The van der Waals surface area contributed by atoms with Crippen LogP contribution in [0.4, 0.5) is 11.4 Å². The van der Waals surface area contributed by atoms with E-state index < -0.39 is 10.0 Å². The summed E-state index contributed by atoms with van der Waals surface area (Å²) >= 11 is 1.04. The van der Waals surface area contributed by atoms with Gasteiger partial charge in [0, 0.05) is 18.3 Å². The van der Waals surface area contributed by atoms with Crippen molar-refractivity contribution in [2.45, 2.75) is 17.0 Å². The van der Waals surface area contributed by atoms with E-state index >= 15 is 0 Å². The number of hydrogen-bond donors (Lipinski definition) is 2. The summed E-state index contributed by atoms with van der Waals surface area (Å²) in [6.07, 6.45) is 0. The minimum atomic E-state index is -3.91. The summed E-state index contributed by atoms with van der Waals surface area (Å²) in [5.41, 5.74) is 2.14. The molecule has 1 heterocycles. The molecule has 2 amide bonds. The summed E-state index contributed by atoms with van der Waals surface area (Å²) in [7, 11) is -3.91. The van der Waals surface area contributed by atoms with Crippen molar-refractivity contribution in [2.24, 2.45) is 0 Å². The maximum absolute atomic E-state index is 13.4. The van der Waals surface area contributed by atoms with Crippen molar-refractivity contribution in [1.29, 1.82) is 0 Å². The molecule has 0 saturated heterocycles. The van der Waals surface area contributed by atoms with Crippen LogP contribution in [0.2, 0.25) is 0 Å². The number of nitrogens with one attached hydrogen (secondary N) is 2. The molecule has 0 atom stereocenters. The summed E-state index contributed by atoms with van der Waals surface area (Å²) < 4.78 is 27.9. The molecule has 4 rings (SSSR count). The largest absolute Gasteiger partial charge is 0.326 e. The Bertz CT molecular complexity index is 1420. The Morgan fingerprint density at radius 3 is 2.15 bits per heavy atom. The average Bonchev–Trinajstić information content (AvgIpc) is 3.18. The Balaban J connectivity index is 1.55. The fraction of sp³-hybridized carbons (Fsp3) is 0.0870. The van der Waals surface area contributed by atoms with Crippen LogP contribution in [0, 0.1) is 0 Å². The lowest BCUT2D eigenvalue weighted by molar-refractivity contribution is -0.114. The van der Waals surface area contributed by atoms with E-state index in [2.05, 4.69) is 15.6 Å². The molecule has 8 nitrogen and oxygen atoms in total. The fourth-order valence-corrected chi connectivity index (χ4v) is 5.71. The van der Waals surface area contributed by atoms with E-state index in [1.807, 2.05) is 0 Å². The van der Waals surface area contributed by atoms with Crippen LogP contribution >= 0.6 is 11.8 Å². The van der Waals surface area contributed by atoms with E-state index in [1.165, 1.54) is 23.0 Å². The molecule has 0 aliphatic rings. The molecule has 3 aromatic carbocycles. The highest BCUT2D eigenvalue weighted by molar-refractivity contribution is 8.00. The van der Waals surface area contributed by atoms with Crippen LogP contribution in [0.5, 0.6) is 0 Å². The monoisotopic (exact) mass is 480 g/mol. The predicted molar refractivity (Wildman–Crippen MR) is 129 cm³/mol. The zero-order valence-electron chi connectivity index (χ0n) is 17.6. The van der Waals surface area contributed by atoms with Crippen molar-refractivity contribution in [3.05, 3.63) is 78.9 Å². The number of benzene rings is 3. The highest BCUT2D eigenvalue weighted by atomic mass is 32.2. The van der Waals surface area contributed by atoms with Crippen molar-refractivity contribution in [3.8, 4) is 0 Å². The number of nitrogens with zero attached hydrogens (tertiary/aromatic N) is 2. The summed E-state index contributed by atoms with van der Waals surface area (Å²) in [4.78, 5) is 28.2. The number of thioether (sulfide) groups is 1. The molecule has 0 spiro atoms. The van der Waals surface area contributed by atoms with Crippen molar-refractivity contribution < 1.29 is 18.0 Å². The third-order valence-corrected chi connectivity index (χ3v) is 7.37. The molecule has 0 fully saturated rings. The van der Waals surface area contributed by atoms with Crippen LogP contribution in [0.1, 0.15) is 6.92 Å². The van der Waals surface area contributed by atoms with Crippen molar-refractivity contribution in [2.75, 3.05) is 16.4 Å². The second kappa shape index (κ2) is 9.47. The minimum absolute atomic E-state index is 0.0406. The third kappa shape index (κ3) is 5.07. The summed E-state index contributed by atoms with van der Waals surface area (Å²) in [6.45, 7) is 1.41. The van der Waals surface area contributed by atoms with Gasteiger partial charge in [0.15, 0.2) is 5.16 Å². The van der Waals surface area contributed by atoms with Gasteiger partial charge in [0.05, 0.1) is 21.7 Å². The molecular weight excluding hydrogens is 460 g/mol. The highest BCUT2D eigenvalue weighted by Gasteiger charge is 2.24. The topological polar surface area (TPSA) is 110 Å². The fourth-order valence-electron chi connectivity index (χ4n) is 3.17. The maximum atomic E-state index is 13.4. The van der Waals surface area contributed by atoms with Crippen LogP contribution in [-0.2, 0) is 19.6 Å². The van der Waals surface area contributed by atoms with E-state index in [9.17, 15) is 18.0 Å². The first-order valence-corrected chi connectivity index (χ1v) is 12.4. The van der Waals surface area contributed by atoms with Crippen LogP contribution in [0.3, 0.4) is 0 Å². The van der Waals surface area contributed by atoms with E-state index in [0.29, 0.717) is 22.4 Å². The molecule has 4 aromatic rings. The summed E-state index contributed by atoms with van der Waals surface area (Å²) in [5.74, 6) is -0.541. The molecule has 0 unspecified atom stereocenters. The lowest BCUT2D eigenvalue weighted by Crippen LogP contribution is -2.17. The van der Waals surface area contributed by atoms with Gasteiger partial charge in [-0.05, 0) is 48.5 Å². The number of rotatable bonds is 7. The lowest BCUT2D eigenvalue weighted by atomic mass is 10.3. The normalized spacial score (nSPS) is 11.3. The number of para-hydroxylation sites is 2. The second-order valence-corrected chi connectivity index (χ2v) is 9.79. The molecule has 0 saturated carbocycles. The Labute approximate surface area is 195 Å². The predicted octanol–water partition coefficient (Wildman–Crippen LogP) is 3.96. The molecule has 168 valence electrons. The number of carbonyl (C=O) groups excluding carboxylic acids is 2. The van der Waals surface area contributed by atoms with Crippen molar-refractivity contribution in [1.82, 2.24) is 8.96 Å². The van der Waals surface area contributed by atoms with Crippen LogP contribution in [-0.4, -0.2) is 34.9 Å². The van der Waals surface area contributed by atoms with Gasteiger partial charge in [-0.2, -0.15) is 0 Å². The first-order valence-electron chi connectivity index (χ1n) is 9.93. The zero-order chi connectivity index (χ0) is 23.4. The van der Waals surface area contributed by atoms with E-state index in [0.717, 1.165) is 11.8 Å². The van der Waals surface area contributed by atoms with Crippen molar-refractivity contribution >= 4 is 56.0 Å². The van der Waals surface area contributed by atoms with Gasteiger partial charge in [-0.3, -0.25) is 9.59 Å². The standard InChI is InChI=1S/C23H20N4O4S2/c1-16(28)24-17-11-13-18(14-12-17)25-22(29)15-32-23-26-20-9-5-6-10-21(20)27(23)33(30,31)19-7-3-2-4-8-19/h2-14H,15H2,1H3,(H,24,28)(H,25,29). The quantitative estimate of drug-likeness (QED) is 0.388. The van der Waals surface area contributed by atoms with E-state index in [1.54, 1.807) is 66.7 Å². The smallest absolute Gasteiger partial charge is 0.270 e. The zero-order valence-corrected chi connectivity index (χ0v) is 19.2.